The summed E-state index contributed by atoms with van der Waals surface area (Å²) in [7, 11) is 0. The summed E-state index contributed by atoms with van der Waals surface area (Å²) in [6.45, 7) is -1.14. The Kier molecular flexibility index (Phi) is 8.18. The Labute approximate surface area is 220 Å². The zero-order valence-corrected chi connectivity index (χ0v) is 20.7. The van der Waals surface area contributed by atoms with E-state index in [0.29, 0.717) is 11.3 Å². The number of hydrogen-bond acceptors (Lipinski definition) is 5. The highest BCUT2D eigenvalue weighted by Crippen LogP contribution is 2.51. The van der Waals surface area contributed by atoms with Gasteiger partial charge in [-0.05, 0) is 30.7 Å². The van der Waals surface area contributed by atoms with Gasteiger partial charge < -0.3 is 15.5 Å². The van der Waals surface area contributed by atoms with Crippen molar-refractivity contribution in [1.82, 2.24) is 10.6 Å². The fourth-order valence-electron chi connectivity index (χ4n) is 3.41. The van der Waals surface area contributed by atoms with Gasteiger partial charge in [0.15, 0.2) is 0 Å². The highest BCUT2D eigenvalue weighted by atomic mass is 35.5. The maximum Gasteiger partial charge on any atom is 0.435 e. The zero-order chi connectivity index (χ0) is 29.6. The average molecular weight is 614 g/mol. The van der Waals surface area contributed by atoms with Crippen LogP contribution in [-0.4, -0.2) is 43.0 Å². The highest BCUT2D eigenvalue weighted by Gasteiger charge is 2.64. The van der Waals surface area contributed by atoms with Crippen LogP contribution in [0.25, 0.3) is 0 Å². The third-order valence-corrected chi connectivity index (χ3v) is 6.84. The van der Waals surface area contributed by atoms with Crippen molar-refractivity contribution in [2.75, 3.05) is 13.1 Å². The molecule has 214 valence electrons. The molecule has 18 heteroatoms. The van der Waals surface area contributed by atoms with Crippen molar-refractivity contribution < 1.29 is 58.3 Å². The highest BCUT2D eigenvalue weighted by molar-refractivity contribution is 7.16. The van der Waals surface area contributed by atoms with E-state index in [0.717, 1.165) is 0 Å². The predicted octanol–water partition coefficient (Wildman–Crippen LogP) is 5.86. The van der Waals surface area contributed by atoms with Gasteiger partial charge in [0.1, 0.15) is 18.1 Å². The summed E-state index contributed by atoms with van der Waals surface area (Å²) in [5.74, 6) is -3.92. The van der Waals surface area contributed by atoms with E-state index in [4.69, 9.17) is 11.6 Å². The van der Waals surface area contributed by atoms with Crippen molar-refractivity contribution in [2.45, 2.75) is 37.5 Å². The Balaban J connectivity index is 1.86. The number of halogens is 11. The molecule has 6 nitrogen and oxygen atoms in total. The number of aryl methyl sites for hydroxylation is 1. The zero-order valence-electron chi connectivity index (χ0n) is 19.1. The molecule has 0 radical (unpaired) electrons. The van der Waals surface area contributed by atoms with Crippen molar-refractivity contribution >= 4 is 40.5 Å². The lowest BCUT2D eigenvalue weighted by atomic mass is 9.86. The fraction of sp³-hybridized carbons (Fsp3) is 0.381. The summed E-state index contributed by atoms with van der Waals surface area (Å²) >= 11 is 6.01. The summed E-state index contributed by atoms with van der Waals surface area (Å²) in [5.41, 5.74) is -7.23. The van der Waals surface area contributed by atoms with Crippen molar-refractivity contribution in [2.24, 2.45) is 5.16 Å². The molecule has 0 saturated carbocycles. The van der Waals surface area contributed by atoms with Crippen LogP contribution in [0.1, 0.15) is 37.7 Å². The summed E-state index contributed by atoms with van der Waals surface area (Å²) in [6.07, 6.45) is -16.6. The van der Waals surface area contributed by atoms with Gasteiger partial charge in [0, 0.05) is 5.56 Å². The Morgan fingerprint density at radius 2 is 1.72 bits per heavy atom. The van der Waals surface area contributed by atoms with Gasteiger partial charge in [0.2, 0.25) is 5.91 Å². The molecule has 1 aliphatic rings. The molecular formula is C21H14ClF10N3O3S. The van der Waals surface area contributed by atoms with Crippen LogP contribution in [0.2, 0.25) is 5.02 Å². The number of carbonyl (C=O) groups is 2. The van der Waals surface area contributed by atoms with Crippen molar-refractivity contribution in [3.63, 3.8) is 0 Å². The van der Waals surface area contributed by atoms with Gasteiger partial charge in [0.25, 0.3) is 11.5 Å². The first-order valence-electron chi connectivity index (χ1n) is 10.4. The van der Waals surface area contributed by atoms with Crippen molar-refractivity contribution in [3.8, 4) is 0 Å². The first-order valence-corrected chi connectivity index (χ1v) is 11.6. The summed E-state index contributed by atoms with van der Waals surface area (Å²) < 4.78 is 133. The number of hydrogen-bond donors (Lipinski definition) is 2. The molecule has 2 heterocycles. The SMILES string of the molecule is Cc1cc(C2=NO[C@@](c3cc(C(F)(F)F)cc(Cl)c3F)(C(F)(F)F)C2)sc1C(=O)NCC(=O)NCC(F)(F)F. The molecule has 1 atom stereocenters. The van der Waals surface area contributed by atoms with E-state index in [1.165, 1.54) is 18.3 Å². The molecule has 39 heavy (non-hydrogen) atoms. The first kappa shape index (κ1) is 30.5. The van der Waals surface area contributed by atoms with E-state index in [9.17, 15) is 53.5 Å². The van der Waals surface area contributed by atoms with E-state index in [1.807, 2.05) is 0 Å². The lowest BCUT2D eigenvalue weighted by Gasteiger charge is -2.30. The van der Waals surface area contributed by atoms with Gasteiger partial charge in [-0.3, -0.25) is 9.59 Å². The largest absolute Gasteiger partial charge is 0.435 e. The molecule has 1 aromatic heterocycles. The molecule has 0 bridgehead atoms. The summed E-state index contributed by atoms with van der Waals surface area (Å²) in [5, 5.41) is 5.66. The number of oxime groups is 1. The number of thiophene rings is 1. The number of carbonyl (C=O) groups excluding carboxylic acids is 2. The Hall–Kier alpha value is -3.08. The Morgan fingerprint density at radius 1 is 1.08 bits per heavy atom. The second kappa shape index (κ2) is 10.5. The number of nitrogens with zero attached hydrogens (tertiary/aromatic N) is 1. The van der Waals surface area contributed by atoms with Crippen LogP contribution in [0.4, 0.5) is 43.9 Å². The topological polar surface area (TPSA) is 79.8 Å². The smallest absolute Gasteiger partial charge is 0.374 e. The monoisotopic (exact) mass is 613 g/mol. The maximum atomic E-state index is 14.7. The van der Waals surface area contributed by atoms with E-state index in [-0.39, 0.29) is 27.5 Å². The van der Waals surface area contributed by atoms with Crippen LogP contribution < -0.4 is 10.6 Å². The molecule has 0 unspecified atom stereocenters. The third kappa shape index (κ3) is 6.57. The van der Waals surface area contributed by atoms with Gasteiger partial charge in [0.05, 0.1) is 33.3 Å². The third-order valence-electron chi connectivity index (χ3n) is 5.28. The number of alkyl halides is 9. The standard InChI is InChI=1S/C21H14ClF10N3O3S/c1-8-2-13(39-16(8)17(37)33-6-14(36)34-7-19(24,25)26)12-5-18(38-35-12,21(30,31)32)10-3-9(20(27,28)29)4-11(22)15(10)23/h2-4H,5-7H2,1H3,(H,33,37)(H,34,36)/t18-/m0/s1. The van der Waals surface area contributed by atoms with Gasteiger partial charge in [-0.1, -0.05) is 16.8 Å². The van der Waals surface area contributed by atoms with Crippen LogP contribution in [0.15, 0.2) is 23.4 Å². The quantitative estimate of drug-likeness (QED) is 0.401. The molecule has 3 rings (SSSR count). The molecule has 2 amide bonds. The summed E-state index contributed by atoms with van der Waals surface area (Å²) in [6, 6.07) is 1.24. The minimum atomic E-state index is -5.48. The van der Waals surface area contributed by atoms with Crippen LogP contribution in [0.5, 0.6) is 0 Å². The Morgan fingerprint density at radius 3 is 2.28 bits per heavy atom. The van der Waals surface area contributed by atoms with E-state index >= 15 is 0 Å². The van der Waals surface area contributed by atoms with Crippen LogP contribution in [-0.2, 0) is 21.4 Å². The molecular weight excluding hydrogens is 600 g/mol. The second-order valence-electron chi connectivity index (χ2n) is 8.15. The number of amides is 2. The molecule has 2 aromatic rings. The number of benzene rings is 1. The molecule has 1 aliphatic heterocycles. The van der Waals surface area contributed by atoms with E-state index in [2.05, 4.69) is 15.3 Å². The molecule has 0 aliphatic carbocycles. The fourth-order valence-corrected chi connectivity index (χ4v) is 4.70. The minimum absolute atomic E-state index is 0.0739. The molecule has 2 N–H and O–H groups in total. The molecule has 1 aromatic carbocycles. The molecule has 0 fully saturated rings. The molecule has 0 saturated heterocycles. The lowest BCUT2D eigenvalue weighted by molar-refractivity contribution is -0.276. The van der Waals surface area contributed by atoms with Gasteiger partial charge >= 0.3 is 18.5 Å². The van der Waals surface area contributed by atoms with E-state index in [1.54, 1.807) is 0 Å². The normalized spacial score (nSPS) is 18.0. The van der Waals surface area contributed by atoms with Crippen molar-refractivity contribution in [1.29, 1.82) is 0 Å². The van der Waals surface area contributed by atoms with Gasteiger partial charge in [-0.15, -0.1) is 11.3 Å². The van der Waals surface area contributed by atoms with Crippen LogP contribution in [0, 0.1) is 12.7 Å². The lowest BCUT2D eigenvalue weighted by Crippen LogP contribution is -2.43. The van der Waals surface area contributed by atoms with Crippen molar-refractivity contribution in [3.05, 3.63) is 55.5 Å². The average Bonchev–Trinajstić information content (AvgIpc) is 3.41. The molecule has 0 spiro atoms. The van der Waals surface area contributed by atoms with Crippen LogP contribution >= 0.6 is 22.9 Å². The second-order valence-corrected chi connectivity index (χ2v) is 9.60. The van der Waals surface area contributed by atoms with Gasteiger partial charge in [-0.2, -0.15) is 39.5 Å². The van der Waals surface area contributed by atoms with E-state index < -0.39 is 83.1 Å². The first-order chi connectivity index (χ1) is 17.7. The minimum Gasteiger partial charge on any atom is -0.374 e. The number of nitrogens with one attached hydrogen (secondary N) is 2. The van der Waals surface area contributed by atoms with Gasteiger partial charge in [-0.25, -0.2) is 4.39 Å². The number of rotatable bonds is 6. The summed E-state index contributed by atoms with van der Waals surface area (Å²) in [4.78, 5) is 28.2. The Bertz CT molecular complexity index is 1320. The predicted molar refractivity (Wildman–Crippen MR) is 117 cm³/mol. The maximum absolute atomic E-state index is 14.7. The van der Waals surface area contributed by atoms with Crippen LogP contribution in [0.3, 0.4) is 0 Å².